The topological polar surface area (TPSA) is 46.9 Å². The van der Waals surface area contributed by atoms with Crippen LogP contribution in [0.25, 0.3) is 0 Å². The molecule has 0 saturated carbocycles. The van der Waals surface area contributed by atoms with Crippen LogP contribution in [-0.2, 0) is 17.8 Å². The van der Waals surface area contributed by atoms with Gasteiger partial charge in [-0.3, -0.25) is 4.79 Å². The summed E-state index contributed by atoms with van der Waals surface area (Å²) in [5, 5.41) is 2.79. The highest BCUT2D eigenvalue weighted by molar-refractivity contribution is 6.31. The van der Waals surface area contributed by atoms with Crippen molar-refractivity contribution in [1.29, 1.82) is 0 Å². The first-order valence-corrected chi connectivity index (χ1v) is 6.76. The van der Waals surface area contributed by atoms with Gasteiger partial charge in [0, 0.05) is 36.5 Å². The number of aryl methyl sites for hydroxylation is 1. The highest BCUT2D eigenvalue weighted by Crippen LogP contribution is 2.23. The number of amides is 1. The SMILES string of the molecule is O=C(Nc1ccc(F)c(Cl)c1)C1CCn2cncc2C1. The number of benzene rings is 1. The quantitative estimate of drug-likeness (QED) is 0.925. The molecule has 4 nitrogen and oxygen atoms in total. The molecule has 1 aliphatic rings. The van der Waals surface area contributed by atoms with Gasteiger partial charge in [-0.15, -0.1) is 0 Å². The van der Waals surface area contributed by atoms with Crippen molar-refractivity contribution in [1.82, 2.24) is 9.55 Å². The molecule has 1 aliphatic heterocycles. The van der Waals surface area contributed by atoms with Crippen LogP contribution >= 0.6 is 11.6 Å². The summed E-state index contributed by atoms with van der Waals surface area (Å²) in [5.74, 6) is -0.658. The molecule has 1 amide bonds. The molecule has 2 heterocycles. The number of anilines is 1. The maximum atomic E-state index is 13.1. The Bertz CT molecular complexity index is 656. The third-order valence-electron chi connectivity index (χ3n) is 3.53. The van der Waals surface area contributed by atoms with Crippen LogP contribution in [0.2, 0.25) is 5.02 Å². The summed E-state index contributed by atoms with van der Waals surface area (Å²) in [6.45, 7) is 0.789. The Morgan fingerprint density at radius 3 is 3.15 bits per heavy atom. The summed E-state index contributed by atoms with van der Waals surface area (Å²) < 4.78 is 15.1. The number of hydrogen-bond donors (Lipinski definition) is 1. The van der Waals surface area contributed by atoms with Crippen LogP contribution in [0.1, 0.15) is 12.1 Å². The Morgan fingerprint density at radius 1 is 1.50 bits per heavy atom. The monoisotopic (exact) mass is 293 g/mol. The van der Waals surface area contributed by atoms with Crippen molar-refractivity contribution in [3.8, 4) is 0 Å². The fourth-order valence-corrected chi connectivity index (χ4v) is 2.59. The third kappa shape index (κ3) is 2.54. The second-order valence-electron chi connectivity index (χ2n) is 4.89. The molecule has 2 aromatic rings. The molecule has 0 fully saturated rings. The van der Waals surface area contributed by atoms with Crippen molar-refractivity contribution in [2.24, 2.45) is 5.92 Å². The van der Waals surface area contributed by atoms with Crippen molar-refractivity contribution in [3.63, 3.8) is 0 Å². The maximum Gasteiger partial charge on any atom is 0.227 e. The molecule has 1 atom stereocenters. The van der Waals surface area contributed by atoms with Gasteiger partial charge in [-0.05, 0) is 24.6 Å². The minimum atomic E-state index is -0.494. The fraction of sp³-hybridized carbons (Fsp3) is 0.286. The predicted molar refractivity (Wildman–Crippen MR) is 74.1 cm³/mol. The lowest BCUT2D eigenvalue weighted by atomic mass is 9.95. The van der Waals surface area contributed by atoms with Gasteiger partial charge in [-0.25, -0.2) is 9.37 Å². The summed E-state index contributed by atoms with van der Waals surface area (Å²) in [4.78, 5) is 16.3. The van der Waals surface area contributed by atoms with E-state index in [0.717, 1.165) is 18.7 Å². The predicted octanol–water partition coefficient (Wildman–Crippen LogP) is 2.88. The number of hydrogen-bond acceptors (Lipinski definition) is 2. The standard InChI is InChI=1S/C14H13ClFN3O/c15-12-6-10(1-2-13(12)16)18-14(20)9-3-4-19-8-17-7-11(19)5-9/h1-2,6-9H,3-5H2,(H,18,20). The molecular weight excluding hydrogens is 281 g/mol. The van der Waals surface area contributed by atoms with Gasteiger partial charge in [0.2, 0.25) is 5.91 Å². The van der Waals surface area contributed by atoms with Gasteiger partial charge in [0.15, 0.2) is 0 Å². The van der Waals surface area contributed by atoms with Crippen molar-refractivity contribution in [3.05, 3.63) is 47.3 Å². The van der Waals surface area contributed by atoms with E-state index in [1.165, 1.54) is 18.2 Å². The zero-order chi connectivity index (χ0) is 14.1. The van der Waals surface area contributed by atoms with E-state index in [-0.39, 0.29) is 16.8 Å². The largest absolute Gasteiger partial charge is 0.335 e. The van der Waals surface area contributed by atoms with Crippen molar-refractivity contribution in [2.75, 3.05) is 5.32 Å². The van der Waals surface area contributed by atoms with E-state index in [4.69, 9.17) is 11.6 Å². The number of halogens is 2. The van der Waals surface area contributed by atoms with Crippen LogP contribution in [0.4, 0.5) is 10.1 Å². The zero-order valence-electron chi connectivity index (χ0n) is 10.6. The van der Waals surface area contributed by atoms with Gasteiger partial charge in [0.25, 0.3) is 0 Å². The molecule has 1 N–H and O–H groups in total. The molecule has 3 rings (SSSR count). The number of aromatic nitrogens is 2. The highest BCUT2D eigenvalue weighted by atomic mass is 35.5. The van der Waals surface area contributed by atoms with Crippen LogP contribution in [0, 0.1) is 11.7 Å². The van der Waals surface area contributed by atoms with Crippen molar-refractivity contribution in [2.45, 2.75) is 19.4 Å². The summed E-state index contributed by atoms with van der Waals surface area (Å²) >= 11 is 5.70. The highest BCUT2D eigenvalue weighted by Gasteiger charge is 2.24. The van der Waals surface area contributed by atoms with Crippen LogP contribution in [0.15, 0.2) is 30.7 Å². The second-order valence-corrected chi connectivity index (χ2v) is 5.29. The summed E-state index contributed by atoms with van der Waals surface area (Å²) in [5.41, 5.74) is 1.58. The normalized spacial score (nSPS) is 17.6. The molecular formula is C14H13ClFN3O. The molecule has 0 saturated heterocycles. The molecule has 0 bridgehead atoms. The summed E-state index contributed by atoms with van der Waals surface area (Å²) in [7, 11) is 0. The fourth-order valence-electron chi connectivity index (χ4n) is 2.41. The van der Waals surface area contributed by atoms with Gasteiger partial charge in [0.1, 0.15) is 5.82 Å². The van der Waals surface area contributed by atoms with E-state index >= 15 is 0 Å². The second kappa shape index (κ2) is 5.25. The first kappa shape index (κ1) is 13.1. The molecule has 1 aromatic carbocycles. The molecule has 0 aliphatic carbocycles. The van der Waals surface area contributed by atoms with Crippen LogP contribution in [0.3, 0.4) is 0 Å². The number of nitrogens with zero attached hydrogens (tertiary/aromatic N) is 2. The Morgan fingerprint density at radius 2 is 2.35 bits per heavy atom. The van der Waals surface area contributed by atoms with Gasteiger partial charge >= 0.3 is 0 Å². The number of fused-ring (bicyclic) bond motifs is 1. The third-order valence-corrected chi connectivity index (χ3v) is 3.82. The average Bonchev–Trinajstić information content (AvgIpc) is 2.90. The van der Waals surface area contributed by atoms with E-state index in [1.54, 1.807) is 12.5 Å². The number of carbonyl (C=O) groups is 1. The van der Waals surface area contributed by atoms with Crippen LogP contribution in [0.5, 0.6) is 0 Å². The van der Waals surface area contributed by atoms with E-state index in [1.807, 2.05) is 0 Å². The van der Waals surface area contributed by atoms with E-state index in [0.29, 0.717) is 12.1 Å². The molecule has 20 heavy (non-hydrogen) atoms. The number of nitrogens with one attached hydrogen (secondary N) is 1. The molecule has 0 spiro atoms. The Kier molecular flexibility index (Phi) is 3.44. The zero-order valence-corrected chi connectivity index (χ0v) is 11.4. The first-order valence-electron chi connectivity index (χ1n) is 6.38. The van der Waals surface area contributed by atoms with Gasteiger partial charge in [0.05, 0.1) is 11.3 Å². The Labute approximate surface area is 120 Å². The molecule has 0 radical (unpaired) electrons. The summed E-state index contributed by atoms with van der Waals surface area (Å²) in [6, 6.07) is 4.17. The molecule has 1 aromatic heterocycles. The Balaban J connectivity index is 1.69. The minimum absolute atomic E-state index is 0.00419. The minimum Gasteiger partial charge on any atom is -0.335 e. The van der Waals surface area contributed by atoms with E-state index < -0.39 is 5.82 Å². The molecule has 104 valence electrons. The average molecular weight is 294 g/mol. The first-order chi connectivity index (χ1) is 9.63. The Hall–Kier alpha value is -1.88. The lowest BCUT2D eigenvalue weighted by Gasteiger charge is -2.23. The maximum absolute atomic E-state index is 13.1. The summed E-state index contributed by atoms with van der Waals surface area (Å²) in [6.07, 6.45) is 5.00. The number of imidazole rings is 1. The van der Waals surface area contributed by atoms with Crippen LogP contribution < -0.4 is 5.32 Å². The van der Waals surface area contributed by atoms with Gasteiger partial charge in [-0.2, -0.15) is 0 Å². The lowest BCUT2D eigenvalue weighted by Crippen LogP contribution is -2.29. The van der Waals surface area contributed by atoms with Crippen molar-refractivity contribution >= 4 is 23.2 Å². The molecule has 6 heteroatoms. The smallest absolute Gasteiger partial charge is 0.227 e. The molecule has 1 unspecified atom stereocenters. The van der Waals surface area contributed by atoms with Gasteiger partial charge < -0.3 is 9.88 Å². The van der Waals surface area contributed by atoms with E-state index in [9.17, 15) is 9.18 Å². The number of carbonyl (C=O) groups excluding carboxylic acids is 1. The van der Waals surface area contributed by atoms with E-state index in [2.05, 4.69) is 14.9 Å². The van der Waals surface area contributed by atoms with Crippen LogP contribution in [-0.4, -0.2) is 15.5 Å². The lowest BCUT2D eigenvalue weighted by molar-refractivity contribution is -0.120. The van der Waals surface area contributed by atoms with Gasteiger partial charge in [-0.1, -0.05) is 11.6 Å². The van der Waals surface area contributed by atoms with Crippen molar-refractivity contribution < 1.29 is 9.18 Å². The number of rotatable bonds is 2.